The summed E-state index contributed by atoms with van der Waals surface area (Å²) in [5.74, 6) is 0.311. The van der Waals surface area contributed by atoms with Crippen molar-refractivity contribution in [2.24, 2.45) is 0 Å². The van der Waals surface area contributed by atoms with Gasteiger partial charge in [-0.3, -0.25) is 4.40 Å². The second kappa shape index (κ2) is 9.42. The SMILES string of the molecule is COC(=O)c1ccc(CCCNc2nc(-c3ccc(Cl)cc3Cl)cc3nccn23)nc1N. The topological polar surface area (TPSA) is 107 Å². The van der Waals surface area contributed by atoms with Crippen molar-refractivity contribution in [3.05, 3.63) is 70.1 Å². The number of carbonyl (C=O) groups is 1. The van der Waals surface area contributed by atoms with Gasteiger partial charge in [-0.25, -0.2) is 19.7 Å². The van der Waals surface area contributed by atoms with Gasteiger partial charge in [-0.05, 0) is 43.2 Å². The molecule has 4 rings (SSSR count). The average Bonchev–Trinajstić information content (AvgIpc) is 3.25. The van der Waals surface area contributed by atoms with Gasteiger partial charge in [0.2, 0.25) is 5.95 Å². The van der Waals surface area contributed by atoms with Crippen LogP contribution in [0.3, 0.4) is 0 Å². The Kier molecular flexibility index (Phi) is 6.43. The van der Waals surface area contributed by atoms with E-state index in [0.29, 0.717) is 34.7 Å². The smallest absolute Gasteiger partial charge is 0.341 e. The molecular weight excluding hydrogens is 451 g/mol. The summed E-state index contributed by atoms with van der Waals surface area (Å²) in [6.45, 7) is 0.637. The number of hydrogen-bond donors (Lipinski definition) is 2. The molecule has 0 aliphatic carbocycles. The van der Waals surface area contributed by atoms with Gasteiger partial charge in [-0.1, -0.05) is 23.2 Å². The van der Waals surface area contributed by atoms with E-state index in [1.165, 1.54) is 7.11 Å². The fraction of sp³-hybridized carbons (Fsp3) is 0.182. The highest BCUT2D eigenvalue weighted by Crippen LogP contribution is 2.30. The molecule has 1 aromatic carbocycles. The molecule has 10 heteroatoms. The van der Waals surface area contributed by atoms with Gasteiger partial charge in [0.15, 0.2) is 0 Å². The molecule has 0 bridgehead atoms. The molecule has 0 fully saturated rings. The highest BCUT2D eigenvalue weighted by atomic mass is 35.5. The van der Waals surface area contributed by atoms with Crippen molar-refractivity contribution in [3.63, 3.8) is 0 Å². The summed E-state index contributed by atoms with van der Waals surface area (Å²) < 4.78 is 6.56. The number of hydrogen-bond acceptors (Lipinski definition) is 7. The largest absolute Gasteiger partial charge is 0.465 e. The van der Waals surface area contributed by atoms with Gasteiger partial charge in [0.1, 0.15) is 17.0 Å². The van der Waals surface area contributed by atoms with Crippen LogP contribution in [0.2, 0.25) is 10.0 Å². The standard InChI is InChI=1S/C22H20Cl2N6O2/c1-32-21(31)16-7-5-14(28-20(16)25)3-2-8-27-22-29-18(12-19-26-9-10-30(19)22)15-6-4-13(23)11-17(15)24/h4-7,9-12H,2-3,8H2,1H3,(H2,25,28)(H,27,29). The molecule has 0 atom stereocenters. The Hall–Kier alpha value is -3.36. The van der Waals surface area contributed by atoms with Gasteiger partial charge in [-0.2, -0.15) is 0 Å². The van der Waals surface area contributed by atoms with E-state index in [2.05, 4.69) is 20.0 Å². The van der Waals surface area contributed by atoms with Crippen LogP contribution in [0.4, 0.5) is 11.8 Å². The Balaban J connectivity index is 1.47. The number of nitrogens with zero attached hydrogens (tertiary/aromatic N) is 4. The number of aromatic nitrogens is 4. The van der Waals surface area contributed by atoms with Crippen LogP contribution in [0.25, 0.3) is 16.9 Å². The average molecular weight is 471 g/mol. The quantitative estimate of drug-likeness (QED) is 0.302. The van der Waals surface area contributed by atoms with Crippen LogP contribution in [0.15, 0.2) is 48.8 Å². The first-order valence-electron chi connectivity index (χ1n) is 9.83. The van der Waals surface area contributed by atoms with E-state index in [1.807, 2.05) is 22.7 Å². The molecular formula is C22H20Cl2N6O2. The van der Waals surface area contributed by atoms with Crippen molar-refractivity contribution in [1.29, 1.82) is 0 Å². The lowest BCUT2D eigenvalue weighted by Gasteiger charge is -2.12. The molecule has 0 amide bonds. The van der Waals surface area contributed by atoms with Gasteiger partial charge in [0, 0.05) is 41.3 Å². The lowest BCUT2D eigenvalue weighted by atomic mass is 10.1. The summed E-state index contributed by atoms with van der Waals surface area (Å²) in [4.78, 5) is 25.0. The van der Waals surface area contributed by atoms with Crippen LogP contribution in [-0.2, 0) is 11.2 Å². The molecule has 0 aliphatic rings. The van der Waals surface area contributed by atoms with Gasteiger partial charge < -0.3 is 15.8 Å². The summed E-state index contributed by atoms with van der Waals surface area (Å²) in [5.41, 5.74) is 9.14. The molecule has 3 heterocycles. The molecule has 8 nitrogen and oxygen atoms in total. The fourth-order valence-corrected chi connectivity index (χ4v) is 3.80. The first-order valence-corrected chi connectivity index (χ1v) is 10.6. The first-order chi connectivity index (χ1) is 15.5. The number of methoxy groups -OCH3 is 1. The molecule has 0 spiro atoms. The molecule has 0 radical (unpaired) electrons. The fourth-order valence-electron chi connectivity index (χ4n) is 3.29. The van der Waals surface area contributed by atoms with Crippen molar-refractivity contribution in [3.8, 4) is 11.3 Å². The zero-order chi connectivity index (χ0) is 22.7. The van der Waals surface area contributed by atoms with Crippen molar-refractivity contribution in [2.45, 2.75) is 12.8 Å². The van der Waals surface area contributed by atoms with E-state index < -0.39 is 5.97 Å². The van der Waals surface area contributed by atoms with Crippen molar-refractivity contribution < 1.29 is 9.53 Å². The zero-order valence-corrected chi connectivity index (χ0v) is 18.7. The predicted octanol–water partition coefficient (Wildman–Crippen LogP) is 4.51. The lowest BCUT2D eigenvalue weighted by Crippen LogP contribution is -2.11. The number of benzene rings is 1. The maximum Gasteiger partial charge on any atom is 0.341 e. The summed E-state index contributed by atoms with van der Waals surface area (Å²) in [5, 5.41) is 4.43. The van der Waals surface area contributed by atoms with Crippen LogP contribution in [0, 0.1) is 0 Å². The number of ether oxygens (including phenoxy) is 1. The minimum absolute atomic E-state index is 0.164. The molecule has 3 aromatic heterocycles. The third-order valence-electron chi connectivity index (χ3n) is 4.88. The molecule has 0 saturated heterocycles. The van der Waals surface area contributed by atoms with Crippen molar-refractivity contribution in [1.82, 2.24) is 19.4 Å². The number of nitrogen functional groups attached to an aromatic ring is 1. The first kappa shape index (κ1) is 21.9. The minimum atomic E-state index is -0.501. The van der Waals surface area contributed by atoms with E-state index in [4.69, 9.17) is 33.9 Å². The Labute approximate surface area is 194 Å². The van der Waals surface area contributed by atoms with Crippen LogP contribution >= 0.6 is 23.2 Å². The Morgan fingerprint density at radius 1 is 1.19 bits per heavy atom. The third kappa shape index (κ3) is 4.61. The Morgan fingerprint density at radius 2 is 2.03 bits per heavy atom. The maximum absolute atomic E-state index is 11.6. The molecule has 3 N–H and O–H groups in total. The second-order valence-corrected chi connectivity index (χ2v) is 7.85. The molecule has 0 saturated carbocycles. The van der Waals surface area contributed by atoms with Crippen LogP contribution in [0.1, 0.15) is 22.5 Å². The summed E-state index contributed by atoms with van der Waals surface area (Å²) in [6, 6.07) is 10.6. The Bertz CT molecular complexity index is 1290. The number of pyridine rings is 1. The zero-order valence-electron chi connectivity index (χ0n) is 17.2. The van der Waals surface area contributed by atoms with E-state index >= 15 is 0 Å². The van der Waals surface area contributed by atoms with Gasteiger partial charge >= 0.3 is 5.97 Å². The normalized spacial score (nSPS) is 11.0. The number of fused-ring (bicyclic) bond motifs is 1. The predicted molar refractivity (Wildman–Crippen MR) is 125 cm³/mol. The number of anilines is 2. The highest BCUT2D eigenvalue weighted by molar-refractivity contribution is 6.36. The minimum Gasteiger partial charge on any atom is -0.465 e. The third-order valence-corrected chi connectivity index (χ3v) is 5.43. The number of halogens is 2. The molecule has 4 aromatic rings. The molecule has 0 unspecified atom stereocenters. The van der Waals surface area contributed by atoms with Crippen molar-refractivity contribution >= 4 is 46.6 Å². The number of aryl methyl sites for hydroxylation is 1. The summed E-state index contributed by atoms with van der Waals surface area (Å²) in [7, 11) is 1.31. The highest BCUT2D eigenvalue weighted by Gasteiger charge is 2.13. The van der Waals surface area contributed by atoms with Gasteiger partial charge in [0.25, 0.3) is 0 Å². The van der Waals surface area contributed by atoms with E-state index in [-0.39, 0.29) is 11.4 Å². The monoisotopic (exact) mass is 470 g/mol. The summed E-state index contributed by atoms with van der Waals surface area (Å²) in [6.07, 6.45) is 5.00. The Morgan fingerprint density at radius 3 is 2.78 bits per heavy atom. The number of imidazole rings is 1. The summed E-state index contributed by atoms with van der Waals surface area (Å²) >= 11 is 12.4. The number of nitrogens with one attached hydrogen (secondary N) is 1. The number of nitrogens with two attached hydrogens (primary N) is 1. The number of esters is 1. The van der Waals surface area contributed by atoms with E-state index in [1.54, 1.807) is 30.5 Å². The second-order valence-electron chi connectivity index (χ2n) is 7.00. The molecule has 32 heavy (non-hydrogen) atoms. The van der Waals surface area contributed by atoms with E-state index in [9.17, 15) is 4.79 Å². The number of carbonyl (C=O) groups excluding carboxylic acids is 1. The lowest BCUT2D eigenvalue weighted by molar-refractivity contribution is 0.0601. The van der Waals surface area contributed by atoms with E-state index in [0.717, 1.165) is 23.3 Å². The number of rotatable bonds is 7. The molecule has 164 valence electrons. The van der Waals surface area contributed by atoms with Crippen LogP contribution < -0.4 is 11.1 Å². The van der Waals surface area contributed by atoms with Crippen LogP contribution in [-0.4, -0.2) is 39.0 Å². The maximum atomic E-state index is 11.6. The van der Waals surface area contributed by atoms with Crippen molar-refractivity contribution in [2.75, 3.05) is 24.7 Å². The van der Waals surface area contributed by atoms with Crippen LogP contribution in [0.5, 0.6) is 0 Å². The molecule has 0 aliphatic heterocycles. The van der Waals surface area contributed by atoms with Gasteiger partial charge in [-0.15, -0.1) is 0 Å². The van der Waals surface area contributed by atoms with Gasteiger partial charge in [0.05, 0.1) is 17.8 Å².